The Kier molecular flexibility index (Phi) is 4.86. The predicted molar refractivity (Wildman–Crippen MR) is 92.5 cm³/mol. The van der Waals surface area contributed by atoms with Crippen LogP contribution in [0.15, 0.2) is 42.5 Å². The Bertz CT molecular complexity index is 788. The standard InChI is InChI=1S/C19H18ClNO3/c1-13(22)17-10-16(20)6-7-18(17)24-12-19(23)21-9-8-14-4-2-3-5-15(14)11-21/h2-7,10H,8-9,11-12H2,1H3. The summed E-state index contributed by atoms with van der Waals surface area (Å²) >= 11 is 5.91. The first-order chi connectivity index (χ1) is 11.5. The van der Waals surface area contributed by atoms with Crippen molar-refractivity contribution in [3.05, 3.63) is 64.2 Å². The lowest BCUT2D eigenvalue weighted by atomic mass is 10.00. The van der Waals surface area contributed by atoms with E-state index in [4.69, 9.17) is 16.3 Å². The second-order valence-corrected chi connectivity index (χ2v) is 6.26. The Morgan fingerprint density at radius 3 is 2.67 bits per heavy atom. The summed E-state index contributed by atoms with van der Waals surface area (Å²) in [5.41, 5.74) is 2.85. The number of hydrogen-bond donors (Lipinski definition) is 0. The molecule has 0 spiro atoms. The van der Waals surface area contributed by atoms with Gasteiger partial charge in [0.05, 0.1) is 5.56 Å². The van der Waals surface area contributed by atoms with E-state index < -0.39 is 0 Å². The van der Waals surface area contributed by atoms with Crippen LogP contribution in [0.4, 0.5) is 0 Å². The van der Waals surface area contributed by atoms with Crippen molar-refractivity contribution >= 4 is 23.3 Å². The van der Waals surface area contributed by atoms with Gasteiger partial charge < -0.3 is 9.64 Å². The van der Waals surface area contributed by atoms with Gasteiger partial charge in [-0.25, -0.2) is 0 Å². The molecule has 24 heavy (non-hydrogen) atoms. The molecule has 0 bridgehead atoms. The molecule has 3 rings (SSSR count). The van der Waals surface area contributed by atoms with Crippen LogP contribution in [-0.4, -0.2) is 29.7 Å². The SMILES string of the molecule is CC(=O)c1cc(Cl)ccc1OCC(=O)N1CCc2ccccc2C1. The molecular weight excluding hydrogens is 326 g/mol. The zero-order chi connectivity index (χ0) is 17.1. The molecule has 0 aliphatic carbocycles. The second kappa shape index (κ2) is 7.05. The molecule has 0 radical (unpaired) electrons. The van der Waals surface area contributed by atoms with Gasteiger partial charge >= 0.3 is 0 Å². The van der Waals surface area contributed by atoms with E-state index >= 15 is 0 Å². The van der Waals surface area contributed by atoms with Crippen LogP contribution in [0, 0.1) is 0 Å². The molecule has 1 aliphatic rings. The van der Waals surface area contributed by atoms with Gasteiger partial charge in [0.2, 0.25) is 0 Å². The molecule has 1 aliphatic heterocycles. The lowest BCUT2D eigenvalue weighted by Crippen LogP contribution is -2.38. The first kappa shape index (κ1) is 16.5. The van der Waals surface area contributed by atoms with Gasteiger partial charge in [-0.05, 0) is 42.7 Å². The Hall–Kier alpha value is -2.33. The number of amides is 1. The van der Waals surface area contributed by atoms with E-state index in [0.29, 0.717) is 29.4 Å². The summed E-state index contributed by atoms with van der Waals surface area (Å²) in [6.07, 6.45) is 0.849. The maximum absolute atomic E-state index is 12.4. The van der Waals surface area contributed by atoms with Crippen LogP contribution in [-0.2, 0) is 17.8 Å². The fraction of sp³-hybridized carbons (Fsp3) is 0.263. The molecule has 1 heterocycles. The van der Waals surface area contributed by atoms with Crippen LogP contribution in [0.1, 0.15) is 28.4 Å². The minimum Gasteiger partial charge on any atom is -0.483 e. The number of hydrogen-bond acceptors (Lipinski definition) is 3. The zero-order valence-electron chi connectivity index (χ0n) is 13.4. The predicted octanol–water partition coefficient (Wildman–Crippen LogP) is 3.51. The van der Waals surface area contributed by atoms with Crippen LogP contribution in [0.3, 0.4) is 0 Å². The molecule has 5 heteroatoms. The molecule has 0 unspecified atom stereocenters. The summed E-state index contributed by atoms with van der Waals surface area (Å²) in [5.74, 6) is 0.151. The highest BCUT2D eigenvalue weighted by molar-refractivity contribution is 6.31. The van der Waals surface area contributed by atoms with Gasteiger partial charge in [0.25, 0.3) is 5.91 Å². The summed E-state index contributed by atoms with van der Waals surface area (Å²) in [6, 6.07) is 13.0. The van der Waals surface area contributed by atoms with Crippen LogP contribution < -0.4 is 4.74 Å². The number of fused-ring (bicyclic) bond motifs is 1. The van der Waals surface area contributed by atoms with E-state index in [0.717, 1.165) is 6.42 Å². The fourth-order valence-electron chi connectivity index (χ4n) is 2.84. The van der Waals surface area contributed by atoms with E-state index in [9.17, 15) is 9.59 Å². The minimum absolute atomic E-state index is 0.0889. The Morgan fingerprint density at radius 1 is 1.17 bits per heavy atom. The van der Waals surface area contributed by atoms with E-state index in [1.165, 1.54) is 18.1 Å². The lowest BCUT2D eigenvalue weighted by molar-refractivity contribution is -0.134. The Labute approximate surface area is 146 Å². The third kappa shape index (κ3) is 3.60. The second-order valence-electron chi connectivity index (χ2n) is 5.82. The number of halogens is 1. The van der Waals surface area contributed by atoms with Crippen molar-refractivity contribution in [1.82, 2.24) is 4.90 Å². The molecule has 0 fully saturated rings. The van der Waals surface area contributed by atoms with Crippen LogP contribution in [0.5, 0.6) is 5.75 Å². The molecule has 2 aromatic carbocycles. The van der Waals surface area contributed by atoms with Crippen molar-refractivity contribution in [2.45, 2.75) is 19.9 Å². The molecule has 0 saturated heterocycles. The maximum Gasteiger partial charge on any atom is 0.260 e. The van der Waals surface area contributed by atoms with Gasteiger partial charge in [-0.3, -0.25) is 9.59 Å². The number of Topliss-reactive ketones (excluding diaryl/α,β-unsaturated/α-hetero) is 1. The van der Waals surface area contributed by atoms with Gasteiger partial charge in [0.15, 0.2) is 12.4 Å². The quantitative estimate of drug-likeness (QED) is 0.798. The molecule has 2 aromatic rings. The van der Waals surface area contributed by atoms with Crippen molar-refractivity contribution in [2.75, 3.05) is 13.2 Å². The highest BCUT2D eigenvalue weighted by Gasteiger charge is 2.21. The first-order valence-corrected chi connectivity index (χ1v) is 8.20. The monoisotopic (exact) mass is 343 g/mol. The maximum atomic E-state index is 12.4. The van der Waals surface area contributed by atoms with Crippen LogP contribution in [0.25, 0.3) is 0 Å². The minimum atomic E-state index is -0.146. The molecular formula is C19H18ClNO3. The number of rotatable bonds is 4. The van der Waals surface area contributed by atoms with Crippen LogP contribution in [0.2, 0.25) is 5.02 Å². The Morgan fingerprint density at radius 2 is 1.92 bits per heavy atom. The number of nitrogens with zero attached hydrogens (tertiary/aromatic N) is 1. The van der Waals surface area contributed by atoms with Crippen molar-refractivity contribution in [1.29, 1.82) is 0 Å². The van der Waals surface area contributed by atoms with Crippen molar-refractivity contribution in [2.24, 2.45) is 0 Å². The average Bonchev–Trinajstić information content (AvgIpc) is 2.59. The lowest BCUT2D eigenvalue weighted by Gasteiger charge is -2.28. The molecule has 0 aromatic heterocycles. The van der Waals surface area contributed by atoms with E-state index in [-0.39, 0.29) is 18.3 Å². The van der Waals surface area contributed by atoms with Gasteiger partial charge in [-0.15, -0.1) is 0 Å². The number of carbonyl (C=O) groups is 2. The van der Waals surface area contributed by atoms with Crippen molar-refractivity contribution < 1.29 is 14.3 Å². The van der Waals surface area contributed by atoms with E-state index in [1.54, 1.807) is 23.1 Å². The highest BCUT2D eigenvalue weighted by Crippen LogP contribution is 2.24. The first-order valence-electron chi connectivity index (χ1n) is 7.82. The Balaban J connectivity index is 1.66. The largest absolute Gasteiger partial charge is 0.483 e. The molecule has 0 N–H and O–H groups in total. The van der Waals surface area contributed by atoms with Gasteiger partial charge in [0, 0.05) is 18.1 Å². The van der Waals surface area contributed by atoms with Crippen LogP contribution >= 0.6 is 11.6 Å². The zero-order valence-corrected chi connectivity index (χ0v) is 14.2. The van der Waals surface area contributed by atoms with Crippen molar-refractivity contribution in [3.63, 3.8) is 0 Å². The number of benzene rings is 2. The molecule has 0 saturated carbocycles. The number of ether oxygens (including phenoxy) is 1. The molecule has 1 amide bonds. The molecule has 124 valence electrons. The summed E-state index contributed by atoms with van der Waals surface area (Å²) in [7, 11) is 0. The molecule has 0 atom stereocenters. The van der Waals surface area contributed by atoms with Gasteiger partial charge in [-0.1, -0.05) is 35.9 Å². The summed E-state index contributed by atoms with van der Waals surface area (Å²) in [4.78, 5) is 25.9. The average molecular weight is 344 g/mol. The normalized spacial score (nSPS) is 13.3. The topological polar surface area (TPSA) is 46.6 Å². The van der Waals surface area contributed by atoms with Gasteiger partial charge in [0.1, 0.15) is 5.75 Å². The van der Waals surface area contributed by atoms with Gasteiger partial charge in [-0.2, -0.15) is 0 Å². The van der Waals surface area contributed by atoms with Crippen molar-refractivity contribution in [3.8, 4) is 5.75 Å². The highest BCUT2D eigenvalue weighted by atomic mass is 35.5. The van der Waals surface area contributed by atoms with E-state index in [1.807, 2.05) is 18.2 Å². The van der Waals surface area contributed by atoms with E-state index in [2.05, 4.69) is 6.07 Å². The third-order valence-corrected chi connectivity index (χ3v) is 4.39. The summed E-state index contributed by atoms with van der Waals surface area (Å²) < 4.78 is 5.59. The number of ketones is 1. The summed E-state index contributed by atoms with van der Waals surface area (Å²) in [5, 5.41) is 0.464. The smallest absolute Gasteiger partial charge is 0.260 e. The summed E-state index contributed by atoms with van der Waals surface area (Å²) in [6.45, 7) is 2.63. The third-order valence-electron chi connectivity index (χ3n) is 4.16. The number of carbonyl (C=O) groups excluding carboxylic acids is 2. The molecule has 4 nitrogen and oxygen atoms in total. The fourth-order valence-corrected chi connectivity index (χ4v) is 3.01.